The van der Waals surface area contributed by atoms with Crippen molar-refractivity contribution in [2.24, 2.45) is 5.92 Å². The van der Waals surface area contributed by atoms with Gasteiger partial charge in [0.25, 0.3) is 5.69 Å². The average Bonchev–Trinajstić information content (AvgIpc) is 2.16. The van der Waals surface area contributed by atoms with Crippen LogP contribution in [0.4, 0.5) is 5.69 Å². The molecule has 16 heavy (non-hydrogen) atoms. The van der Waals surface area contributed by atoms with E-state index in [-0.39, 0.29) is 10.8 Å². The number of nitrogens with zero attached hydrogens (tertiary/aromatic N) is 2. The number of rotatable bonds is 5. The molecule has 0 spiro atoms. The number of nitro groups is 1. The molecule has 0 saturated heterocycles. The Bertz CT molecular complexity index is 385. The molecule has 0 fully saturated rings. The van der Waals surface area contributed by atoms with Gasteiger partial charge in [-0.25, -0.2) is 4.98 Å². The number of pyridine rings is 1. The minimum absolute atomic E-state index is 0.00736. The molecule has 1 aromatic rings. The van der Waals surface area contributed by atoms with Crippen LogP contribution in [0.15, 0.2) is 17.2 Å². The van der Waals surface area contributed by atoms with Crippen LogP contribution in [0.5, 0.6) is 0 Å². The molecule has 1 aromatic heterocycles. The summed E-state index contributed by atoms with van der Waals surface area (Å²) in [6.45, 7) is 4.27. The van der Waals surface area contributed by atoms with Crippen molar-refractivity contribution < 1.29 is 4.92 Å². The second-order valence-electron chi connectivity index (χ2n) is 3.77. The van der Waals surface area contributed by atoms with E-state index in [0.29, 0.717) is 10.9 Å². The van der Waals surface area contributed by atoms with E-state index in [1.54, 1.807) is 0 Å². The minimum atomic E-state index is -0.458. The van der Waals surface area contributed by atoms with Crippen molar-refractivity contribution >= 4 is 29.1 Å². The standard InChI is InChI=1S/C10H13ClN2O2S/c1-7(2)3-4-16-10-6-8(13(14)15)5-9(11)12-10/h5-7H,3-4H2,1-2H3. The molecule has 0 atom stereocenters. The maximum atomic E-state index is 10.6. The molecule has 0 aliphatic heterocycles. The minimum Gasteiger partial charge on any atom is -0.258 e. The van der Waals surface area contributed by atoms with Gasteiger partial charge in [0.15, 0.2) is 0 Å². The highest BCUT2D eigenvalue weighted by molar-refractivity contribution is 7.99. The Morgan fingerprint density at radius 2 is 2.25 bits per heavy atom. The summed E-state index contributed by atoms with van der Waals surface area (Å²) in [6.07, 6.45) is 1.05. The van der Waals surface area contributed by atoms with Gasteiger partial charge in [-0.3, -0.25) is 10.1 Å². The highest BCUT2D eigenvalue weighted by Crippen LogP contribution is 2.25. The second-order valence-corrected chi connectivity index (χ2v) is 5.28. The molecule has 0 amide bonds. The monoisotopic (exact) mass is 260 g/mol. The predicted molar refractivity (Wildman–Crippen MR) is 66.1 cm³/mol. The largest absolute Gasteiger partial charge is 0.275 e. The number of thioether (sulfide) groups is 1. The molecular formula is C10H13ClN2O2S. The molecular weight excluding hydrogens is 248 g/mol. The highest BCUT2D eigenvalue weighted by Gasteiger charge is 2.10. The molecule has 0 unspecified atom stereocenters. The van der Waals surface area contributed by atoms with Crippen molar-refractivity contribution in [3.8, 4) is 0 Å². The third kappa shape index (κ3) is 4.37. The predicted octanol–water partition coefficient (Wildman–Crippen LogP) is 3.78. The fraction of sp³-hybridized carbons (Fsp3) is 0.500. The summed E-state index contributed by atoms with van der Waals surface area (Å²) in [4.78, 5) is 14.2. The normalized spacial score (nSPS) is 10.8. The quantitative estimate of drug-likeness (QED) is 0.350. The fourth-order valence-corrected chi connectivity index (χ4v) is 2.46. The average molecular weight is 261 g/mol. The van der Waals surface area contributed by atoms with Crippen LogP contribution in [0.1, 0.15) is 20.3 Å². The Labute approximate surface area is 104 Å². The van der Waals surface area contributed by atoms with E-state index in [9.17, 15) is 10.1 Å². The maximum Gasteiger partial charge on any atom is 0.275 e. The summed E-state index contributed by atoms with van der Waals surface area (Å²) >= 11 is 7.20. The second kappa shape index (κ2) is 6.06. The molecule has 0 saturated carbocycles. The van der Waals surface area contributed by atoms with E-state index in [2.05, 4.69) is 18.8 Å². The van der Waals surface area contributed by atoms with Crippen LogP contribution in [-0.2, 0) is 0 Å². The first-order valence-corrected chi connectivity index (χ1v) is 6.30. The summed E-state index contributed by atoms with van der Waals surface area (Å²) in [7, 11) is 0. The summed E-state index contributed by atoms with van der Waals surface area (Å²) in [5, 5.41) is 11.4. The molecule has 88 valence electrons. The molecule has 6 heteroatoms. The third-order valence-corrected chi connectivity index (χ3v) is 3.05. The number of halogens is 1. The van der Waals surface area contributed by atoms with E-state index in [1.165, 1.54) is 23.9 Å². The lowest BCUT2D eigenvalue weighted by atomic mass is 10.2. The van der Waals surface area contributed by atoms with Crippen LogP contribution in [0, 0.1) is 16.0 Å². The highest BCUT2D eigenvalue weighted by atomic mass is 35.5. The summed E-state index contributed by atoms with van der Waals surface area (Å²) < 4.78 is 0. The van der Waals surface area contributed by atoms with Crippen molar-refractivity contribution in [3.05, 3.63) is 27.4 Å². The molecule has 1 heterocycles. The van der Waals surface area contributed by atoms with Crippen molar-refractivity contribution in [2.45, 2.75) is 25.3 Å². The lowest BCUT2D eigenvalue weighted by Gasteiger charge is -2.04. The van der Waals surface area contributed by atoms with Crippen molar-refractivity contribution in [1.29, 1.82) is 0 Å². The molecule has 0 N–H and O–H groups in total. The number of aromatic nitrogens is 1. The molecule has 0 bridgehead atoms. The van der Waals surface area contributed by atoms with Crippen LogP contribution in [0.25, 0.3) is 0 Å². The first kappa shape index (κ1) is 13.3. The van der Waals surface area contributed by atoms with Gasteiger partial charge in [0.1, 0.15) is 10.2 Å². The molecule has 0 aliphatic rings. The Morgan fingerprint density at radius 1 is 1.56 bits per heavy atom. The summed E-state index contributed by atoms with van der Waals surface area (Å²) in [5.41, 5.74) is -0.00736. The van der Waals surface area contributed by atoms with Gasteiger partial charge >= 0.3 is 0 Å². The Morgan fingerprint density at radius 3 is 2.81 bits per heavy atom. The van der Waals surface area contributed by atoms with E-state index >= 15 is 0 Å². The van der Waals surface area contributed by atoms with Gasteiger partial charge in [-0.05, 0) is 18.1 Å². The number of hydrogen-bond donors (Lipinski definition) is 0. The fourth-order valence-electron chi connectivity index (χ4n) is 1.04. The van der Waals surface area contributed by atoms with Gasteiger partial charge in [-0.1, -0.05) is 25.4 Å². The van der Waals surface area contributed by atoms with Gasteiger partial charge < -0.3 is 0 Å². The Balaban J connectivity index is 2.69. The first-order chi connectivity index (χ1) is 7.49. The zero-order valence-electron chi connectivity index (χ0n) is 9.14. The van der Waals surface area contributed by atoms with Gasteiger partial charge in [-0.2, -0.15) is 0 Å². The van der Waals surface area contributed by atoms with E-state index in [1.807, 2.05) is 0 Å². The third-order valence-electron chi connectivity index (χ3n) is 1.91. The van der Waals surface area contributed by atoms with Gasteiger partial charge in [-0.15, -0.1) is 11.8 Å². The Hall–Kier alpha value is -0.810. The number of hydrogen-bond acceptors (Lipinski definition) is 4. The van der Waals surface area contributed by atoms with Crippen LogP contribution in [0.2, 0.25) is 5.15 Å². The van der Waals surface area contributed by atoms with Crippen molar-refractivity contribution in [1.82, 2.24) is 4.98 Å². The van der Waals surface area contributed by atoms with Gasteiger partial charge in [0, 0.05) is 6.07 Å². The zero-order valence-corrected chi connectivity index (χ0v) is 10.7. The Kier molecular flexibility index (Phi) is 5.02. The van der Waals surface area contributed by atoms with Crippen LogP contribution in [-0.4, -0.2) is 15.7 Å². The maximum absolute atomic E-state index is 10.6. The van der Waals surface area contributed by atoms with Crippen LogP contribution < -0.4 is 0 Å². The van der Waals surface area contributed by atoms with Crippen LogP contribution >= 0.6 is 23.4 Å². The first-order valence-electron chi connectivity index (χ1n) is 4.94. The lowest BCUT2D eigenvalue weighted by Crippen LogP contribution is -1.93. The van der Waals surface area contributed by atoms with Gasteiger partial charge in [0.2, 0.25) is 0 Å². The van der Waals surface area contributed by atoms with Crippen LogP contribution in [0.3, 0.4) is 0 Å². The van der Waals surface area contributed by atoms with Gasteiger partial charge in [0.05, 0.1) is 11.0 Å². The molecule has 0 aliphatic carbocycles. The van der Waals surface area contributed by atoms with E-state index < -0.39 is 4.92 Å². The van der Waals surface area contributed by atoms with Crippen molar-refractivity contribution in [3.63, 3.8) is 0 Å². The van der Waals surface area contributed by atoms with E-state index in [4.69, 9.17) is 11.6 Å². The SMILES string of the molecule is CC(C)CCSc1cc([N+](=O)[O-])cc(Cl)n1. The summed E-state index contributed by atoms with van der Waals surface area (Å²) in [6, 6.07) is 2.71. The molecule has 0 aromatic carbocycles. The molecule has 1 rings (SSSR count). The van der Waals surface area contributed by atoms with E-state index in [0.717, 1.165) is 12.2 Å². The summed E-state index contributed by atoms with van der Waals surface area (Å²) in [5.74, 6) is 1.50. The topological polar surface area (TPSA) is 56.0 Å². The molecule has 0 radical (unpaired) electrons. The van der Waals surface area contributed by atoms with Crippen molar-refractivity contribution in [2.75, 3.05) is 5.75 Å². The molecule has 4 nitrogen and oxygen atoms in total. The lowest BCUT2D eigenvalue weighted by molar-refractivity contribution is -0.385. The zero-order chi connectivity index (χ0) is 12.1. The smallest absolute Gasteiger partial charge is 0.258 e.